The van der Waals surface area contributed by atoms with E-state index in [1.165, 1.54) is 0 Å². The zero-order chi connectivity index (χ0) is 19.4. The minimum Gasteiger partial charge on any atom is -0.440 e. The normalized spacial score (nSPS) is 9.42. The first kappa shape index (κ1) is 21.4. The van der Waals surface area contributed by atoms with E-state index in [2.05, 4.69) is 4.98 Å². The Kier molecular flexibility index (Phi) is 9.70. The van der Waals surface area contributed by atoms with Crippen molar-refractivity contribution in [2.75, 3.05) is 0 Å². The summed E-state index contributed by atoms with van der Waals surface area (Å²) in [7, 11) is 0. The lowest BCUT2D eigenvalue weighted by atomic mass is 10.1. The number of hydrogen-bond acceptors (Lipinski definition) is 3. The smallest absolute Gasteiger partial charge is 0.195 e. The monoisotopic (exact) mass is 351 g/mol. The summed E-state index contributed by atoms with van der Waals surface area (Å²) >= 11 is 0. The largest absolute Gasteiger partial charge is 0.440 e. The second kappa shape index (κ2) is 11.8. The van der Waals surface area contributed by atoms with E-state index >= 15 is 0 Å². The fraction of sp³-hybridized carbons (Fsp3) is 0.304. The molecule has 0 bridgehead atoms. The second-order valence-corrected chi connectivity index (χ2v) is 5.22. The number of benzene rings is 2. The van der Waals surface area contributed by atoms with Crippen LogP contribution in [0.5, 0.6) is 0 Å². The topological polar surface area (TPSA) is 43.1 Å². The van der Waals surface area contributed by atoms with Crippen LogP contribution < -0.4 is 0 Å². The number of oxazole rings is 1. The number of carbonyl (C=O) groups is 1. The summed E-state index contributed by atoms with van der Waals surface area (Å²) in [5.41, 5.74) is 2.83. The standard InChI is InChI=1S/C19H17NO2.2C2H6/c1-14(21)12-13-17-20-18(15-8-4-2-5-9-15)19(22-17)16-10-6-3-7-11-16;2*1-2/h2-11H,12-13H2,1H3;2*1-2H3. The molecule has 138 valence electrons. The highest BCUT2D eigenvalue weighted by atomic mass is 16.4. The molecule has 2 aromatic carbocycles. The lowest BCUT2D eigenvalue weighted by Gasteiger charge is -2.00. The molecule has 1 heterocycles. The molecule has 0 atom stereocenters. The lowest BCUT2D eigenvalue weighted by molar-refractivity contribution is -0.117. The van der Waals surface area contributed by atoms with Crippen LogP contribution >= 0.6 is 0 Å². The van der Waals surface area contributed by atoms with E-state index in [-0.39, 0.29) is 5.78 Å². The first-order valence-electron chi connectivity index (χ1n) is 9.34. The van der Waals surface area contributed by atoms with Gasteiger partial charge in [0.25, 0.3) is 0 Å². The molecule has 0 spiro atoms. The highest BCUT2D eigenvalue weighted by molar-refractivity contribution is 5.77. The van der Waals surface area contributed by atoms with Crippen LogP contribution in [0.1, 0.15) is 46.9 Å². The number of ketones is 1. The maximum Gasteiger partial charge on any atom is 0.195 e. The van der Waals surface area contributed by atoms with Gasteiger partial charge in [-0.15, -0.1) is 0 Å². The SMILES string of the molecule is CC.CC.CC(=O)CCc1nc(-c2ccccc2)c(-c2ccccc2)o1. The molecule has 0 aliphatic rings. The average molecular weight is 351 g/mol. The molecule has 0 N–H and O–H groups in total. The van der Waals surface area contributed by atoms with Crippen molar-refractivity contribution >= 4 is 5.78 Å². The molecule has 0 unspecified atom stereocenters. The zero-order valence-electron chi connectivity index (χ0n) is 16.5. The van der Waals surface area contributed by atoms with Crippen LogP contribution in [0.2, 0.25) is 0 Å². The molecule has 3 heteroatoms. The van der Waals surface area contributed by atoms with Crippen molar-refractivity contribution in [3.05, 3.63) is 66.6 Å². The molecule has 0 saturated heterocycles. The highest BCUT2D eigenvalue weighted by Gasteiger charge is 2.16. The number of carbonyl (C=O) groups excluding carboxylic acids is 1. The third kappa shape index (κ3) is 5.99. The molecule has 0 saturated carbocycles. The van der Waals surface area contributed by atoms with Gasteiger partial charge >= 0.3 is 0 Å². The predicted molar refractivity (Wildman–Crippen MR) is 109 cm³/mol. The minimum atomic E-state index is 0.140. The molecule has 3 rings (SSSR count). The summed E-state index contributed by atoms with van der Waals surface area (Å²) in [6.45, 7) is 9.58. The van der Waals surface area contributed by atoms with Crippen LogP contribution in [-0.2, 0) is 11.2 Å². The summed E-state index contributed by atoms with van der Waals surface area (Å²) in [5, 5.41) is 0. The summed E-state index contributed by atoms with van der Waals surface area (Å²) in [6, 6.07) is 19.9. The van der Waals surface area contributed by atoms with E-state index in [0.717, 1.165) is 22.6 Å². The minimum absolute atomic E-state index is 0.140. The Morgan fingerprint density at radius 3 is 1.85 bits per heavy atom. The average Bonchev–Trinajstić information content (AvgIpc) is 3.15. The van der Waals surface area contributed by atoms with Crippen LogP contribution in [0.4, 0.5) is 0 Å². The Labute approximate surface area is 157 Å². The number of rotatable bonds is 5. The van der Waals surface area contributed by atoms with Crippen LogP contribution in [0.3, 0.4) is 0 Å². The lowest BCUT2D eigenvalue weighted by Crippen LogP contribution is -1.93. The predicted octanol–water partition coefficient (Wildman–Crippen LogP) is 6.58. The van der Waals surface area contributed by atoms with Gasteiger partial charge in [0.15, 0.2) is 11.7 Å². The van der Waals surface area contributed by atoms with Crippen molar-refractivity contribution in [2.24, 2.45) is 0 Å². The van der Waals surface area contributed by atoms with E-state index in [4.69, 9.17) is 4.42 Å². The van der Waals surface area contributed by atoms with Crippen molar-refractivity contribution in [3.8, 4) is 22.6 Å². The Bertz CT molecular complexity index is 704. The number of aryl methyl sites for hydroxylation is 1. The molecule has 3 nitrogen and oxygen atoms in total. The molecule has 0 aliphatic heterocycles. The first-order chi connectivity index (χ1) is 12.7. The second-order valence-electron chi connectivity index (χ2n) is 5.22. The Morgan fingerprint density at radius 2 is 1.35 bits per heavy atom. The number of aromatic nitrogens is 1. The molecular weight excluding hydrogens is 322 g/mol. The third-order valence-electron chi connectivity index (χ3n) is 3.45. The van der Waals surface area contributed by atoms with Gasteiger partial charge in [0.05, 0.1) is 0 Å². The van der Waals surface area contributed by atoms with Gasteiger partial charge in [-0.1, -0.05) is 88.4 Å². The number of hydrogen-bond donors (Lipinski definition) is 0. The fourth-order valence-electron chi connectivity index (χ4n) is 2.33. The Morgan fingerprint density at radius 1 is 0.846 bits per heavy atom. The Balaban J connectivity index is 0.000000791. The molecule has 0 fully saturated rings. The zero-order valence-corrected chi connectivity index (χ0v) is 16.5. The number of Topliss-reactive ketones (excluding diaryl/α,β-unsaturated/α-hetero) is 1. The molecule has 26 heavy (non-hydrogen) atoms. The Hall–Kier alpha value is -2.68. The van der Waals surface area contributed by atoms with Crippen molar-refractivity contribution < 1.29 is 9.21 Å². The highest BCUT2D eigenvalue weighted by Crippen LogP contribution is 2.32. The van der Waals surface area contributed by atoms with Gasteiger partial charge in [0.1, 0.15) is 11.5 Å². The summed E-state index contributed by atoms with van der Waals surface area (Å²) in [5.74, 6) is 1.50. The van der Waals surface area contributed by atoms with Crippen LogP contribution in [0.15, 0.2) is 65.1 Å². The van der Waals surface area contributed by atoms with Gasteiger partial charge < -0.3 is 9.21 Å². The van der Waals surface area contributed by atoms with Crippen LogP contribution in [0.25, 0.3) is 22.6 Å². The molecule has 1 aromatic heterocycles. The molecular formula is C23H29NO2. The summed E-state index contributed by atoms with van der Waals surface area (Å²) in [6.07, 6.45) is 0.977. The van der Waals surface area contributed by atoms with E-state index in [9.17, 15) is 4.79 Å². The van der Waals surface area contributed by atoms with Gasteiger partial charge in [-0.05, 0) is 6.92 Å². The van der Waals surface area contributed by atoms with E-state index in [1.807, 2.05) is 88.4 Å². The van der Waals surface area contributed by atoms with Crippen LogP contribution in [-0.4, -0.2) is 10.8 Å². The molecule has 0 amide bonds. The number of nitrogens with zero attached hydrogens (tertiary/aromatic N) is 1. The maximum atomic E-state index is 11.2. The van der Waals surface area contributed by atoms with E-state index in [0.29, 0.717) is 18.7 Å². The fourth-order valence-corrected chi connectivity index (χ4v) is 2.33. The van der Waals surface area contributed by atoms with Gasteiger partial charge in [-0.3, -0.25) is 0 Å². The maximum absolute atomic E-state index is 11.2. The van der Waals surface area contributed by atoms with E-state index in [1.54, 1.807) is 6.92 Å². The third-order valence-corrected chi connectivity index (χ3v) is 3.45. The van der Waals surface area contributed by atoms with Crippen LogP contribution in [0, 0.1) is 0 Å². The summed E-state index contributed by atoms with van der Waals surface area (Å²) in [4.78, 5) is 15.8. The van der Waals surface area contributed by atoms with Gasteiger partial charge in [-0.25, -0.2) is 4.98 Å². The molecule has 0 radical (unpaired) electrons. The van der Waals surface area contributed by atoms with Gasteiger partial charge in [-0.2, -0.15) is 0 Å². The van der Waals surface area contributed by atoms with Crippen molar-refractivity contribution in [2.45, 2.75) is 47.5 Å². The van der Waals surface area contributed by atoms with E-state index < -0.39 is 0 Å². The molecule has 3 aromatic rings. The van der Waals surface area contributed by atoms with Crippen molar-refractivity contribution in [1.82, 2.24) is 4.98 Å². The summed E-state index contributed by atoms with van der Waals surface area (Å²) < 4.78 is 5.94. The quantitative estimate of drug-likeness (QED) is 0.521. The van der Waals surface area contributed by atoms with Gasteiger partial charge in [0, 0.05) is 24.0 Å². The van der Waals surface area contributed by atoms with Crippen molar-refractivity contribution in [1.29, 1.82) is 0 Å². The van der Waals surface area contributed by atoms with Crippen molar-refractivity contribution in [3.63, 3.8) is 0 Å². The first-order valence-corrected chi connectivity index (χ1v) is 9.34. The van der Waals surface area contributed by atoms with Gasteiger partial charge in [0.2, 0.25) is 0 Å². The molecule has 0 aliphatic carbocycles.